The number of rotatable bonds is 17. The Kier molecular flexibility index (Phi) is 13.1. The average Bonchev–Trinajstić information content (AvgIpc) is 3.34. The summed E-state index contributed by atoms with van der Waals surface area (Å²) >= 11 is 0. The maximum absolute atomic E-state index is 13.4. The van der Waals surface area contributed by atoms with Gasteiger partial charge in [0, 0.05) is 30.9 Å². The standard InChI is InChI=1S/C32H49FN2O/c1-2-3-4-5-6-7-8-9-10-11-15-20-32(36)35(30-17-13-12-14-18-30)27-31-19-16-25-34(31)26-28-21-23-29(33)24-22-28/h16,19,21-25,30H,2-15,17-18,20,26-27H2,1H3. The molecule has 3 rings (SSSR count). The first kappa shape index (κ1) is 28.5. The summed E-state index contributed by atoms with van der Waals surface area (Å²) < 4.78 is 15.5. The highest BCUT2D eigenvalue weighted by molar-refractivity contribution is 5.76. The fourth-order valence-electron chi connectivity index (χ4n) is 5.61. The number of unbranched alkanes of at least 4 members (excludes halogenated alkanes) is 10. The third-order valence-electron chi connectivity index (χ3n) is 7.85. The number of aromatic nitrogens is 1. The van der Waals surface area contributed by atoms with Gasteiger partial charge in [-0.15, -0.1) is 0 Å². The van der Waals surface area contributed by atoms with Crippen molar-refractivity contribution in [1.82, 2.24) is 9.47 Å². The van der Waals surface area contributed by atoms with Crippen molar-refractivity contribution < 1.29 is 9.18 Å². The van der Waals surface area contributed by atoms with Crippen LogP contribution >= 0.6 is 0 Å². The maximum Gasteiger partial charge on any atom is 0.223 e. The van der Waals surface area contributed by atoms with E-state index in [4.69, 9.17) is 0 Å². The van der Waals surface area contributed by atoms with Gasteiger partial charge in [-0.2, -0.15) is 0 Å². The zero-order valence-corrected chi connectivity index (χ0v) is 22.7. The number of nitrogens with zero attached hydrogens (tertiary/aromatic N) is 2. The van der Waals surface area contributed by atoms with Crippen LogP contribution in [0.4, 0.5) is 4.39 Å². The van der Waals surface area contributed by atoms with Crippen LogP contribution in [0.1, 0.15) is 127 Å². The maximum atomic E-state index is 13.4. The Hall–Kier alpha value is -2.10. The molecule has 0 bridgehead atoms. The number of benzene rings is 1. The molecule has 1 heterocycles. The Morgan fingerprint density at radius 2 is 1.47 bits per heavy atom. The zero-order chi connectivity index (χ0) is 25.4. The number of amides is 1. The molecule has 200 valence electrons. The van der Waals surface area contributed by atoms with E-state index in [1.807, 2.05) is 12.1 Å². The summed E-state index contributed by atoms with van der Waals surface area (Å²) in [5.74, 6) is 0.121. The van der Waals surface area contributed by atoms with E-state index in [2.05, 4.69) is 34.7 Å². The highest BCUT2D eigenvalue weighted by atomic mass is 19.1. The predicted octanol–water partition coefficient (Wildman–Crippen LogP) is 9.04. The number of carbonyl (C=O) groups excluding carboxylic acids is 1. The number of halogens is 1. The Balaban J connectivity index is 1.45. The average molecular weight is 497 g/mol. The minimum Gasteiger partial charge on any atom is -0.345 e. The summed E-state index contributed by atoms with van der Waals surface area (Å²) in [5.41, 5.74) is 2.24. The van der Waals surface area contributed by atoms with Gasteiger partial charge in [0.15, 0.2) is 0 Å². The molecular weight excluding hydrogens is 447 g/mol. The van der Waals surface area contributed by atoms with Crippen molar-refractivity contribution in [3.63, 3.8) is 0 Å². The van der Waals surface area contributed by atoms with Crippen molar-refractivity contribution in [2.75, 3.05) is 0 Å². The van der Waals surface area contributed by atoms with E-state index < -0.39 is 0 Å². The molecule has 0 spiro atoms. The number of hydrogen-bond donors (Lipinski definition) is 0. The van der Waals surface area contributed by atoms with Gasteiger partial charge in [-0.25, -0.2) is 4.39 Å². The van der Waals surface area contributed by atoms with Crippen molar-refractivity contribution in [3.05, 3.63) is 59.7 Å². The molecule has 4 heteroatoms. The van der Waals surface area contributed by atoms with Crippen LogP contribution in [0.25, 0.3) is 0 Å². The van der Waals surface area contributed by atoms with Crippen molar-refractivity contribution in [1.29, 1.82) is 0 Å². The third kappa shape index (κ3) is 10.1. The van der Waals surface area contributed by atoms with Crippen molar-refractivity contribution >= 4 is 5.91 Å². The smallest absolute Gasteiger partial charge is 0.223 e. The van der Waals surface area contributed by atoms with E-state index in [0.29, 0.717) is 31.5 Å². The molecule has 36 heavy (non-hydrogen) atoms. The van der Waals surface area contributed by atoms with E-state index in [1.54, 1.807) is 0 Å². The van der Waals surface area contributed by atoms with Crippen LogP contribution in [-0.4, -0.2) is 21.4 Å². The minimum absolute atomic E-state index is 0.206. The second-order valence-electron chi connectivity index (χ2n) is 10.9. The lowest BCUT2D eigenvalue weighted by Crippen LogP contribution is -2.41. The van der Waals surface area contributed by atoms with Gasteiger partial charge in [0.2, 0.25) is 5.91 Å². The fourth-order valence-corrected chi connectivity index (χ4v) is 5.61. The molecule has 0 N–H and O–H groups in total. The lowest BCUT2D eigenvalue weighted by atomic mass is 9.93. The number of carbonyl (C=O) groups is 1. The lowest BCUT2D eigenvalue weighted by molar-refractivity contribution is -0.135. The normalized spacial score (nSPS) is 14.3. The molecule has 0 atom stereocenters. The first-order valence-corrected chi connectivity index (χ1v) is 14.9. The zero-order valence-electron chi connectivity index (χ0n) is 22.7. The quantitative estimate of drug-likeness (QED) is 0.201. The van der Waals surface area contributed by atoms with Gasteiger partial charge in [-0.1, -0.05) is 103 Å². The monoisotopic (exact) mass is 496 g/mol. The molecule has 0 aliphatic heterocycles. The second-order valence-corrected chi connectivity index (χ2v) is 10.9. The van der Waals surface area contributed by atoms with Crippen molar-refractivity contribution in [3.8, 4) is 0 Å². The van der Waals surface area contributed by atoms with Gasteiger partial charge in [-0.05, 0) is 49.1 Å². The van der Waals surface area contributed by atoms with Gasteiger partial charge >= 0.3 is 0 Å². The van der Waals surface area contributed by atoms with Gasteiger partial charge in [0.05, 0.1) is 6.54 Å². The fraction of sp³-hybridized carbons (Fsp3) is 0.656. The summed E-state index contributed by atoms with van der Waals surface area (Å²) in [6.07, 6.45) is 23.1. The molecule has 1 aromatic heterocycles. The summed E-state index contributed by atoms with van der Waals surface area (Å²) in [5, 5.41) is 0. The van der Waals surface area contributed by atoms with Crippen molar-refractivity contribution in [2.45, 2.75) is 135 Å². The van der Waals surface area contributed by atoms with E-state index >= 15 is 0 Å². The largest absolute Gasteiger partial charge is 0.345 e. The van der Waals surface area contributed by atoms with Crippen LogP contribution in [0.2, 0.25) is 0 Å². The molecule has 1 aliphatic rings. The Morgan fingerprint density at radius 1 is 0.861 bits per heavy atom. The second kappa shape index (κ2) is 16.6. The van der Waals surface area contributed by atoms with Crippen LogP contribution < -0.4 is 0 Å². The van der Waals surface area contributed by atoms with Crippen LogP contribution in [-0.2, 0) is 17.9 Å². The van der Waals surface area contributed by atoms with Gasteiger partial charge < -0.3 is 9.47 Å². The Bertz CT molecular complexity index is 853. The molecular formula is C32H49FN2O. The topological polar surface area (TPSA) is 25.2 Å². The van der Waals surface area contributed by atoms with Gasteiger partial charge in [-0.3, -0.25) is 4.79 Å². The molecule has 0 unspecified atom stereocenters. The predicted molar refractivity (Wildman–Crippen MR) is 148 cm³/mol. The van der Waals surface area contributed by atoms with Gasteiger partial charge in [0.25, 0.3) is 0 Å². The molecule has 1 fully saturated rings. The van der Waals surface area contributed by atoms with Crippen LogP contribution in [0.15, 0.2) is 42.6 Å². The van der Waals surface area contributed by atoms with E-state index in [-0.39, 0.29) is 5.82 Å². The minimum atomic E-state index is -0.206. The molecule has 3 nitrogen and oxygen atoms in total. The molecule has 1 amide bonds. The Labute approximate surface area is 219 Å². The molecule has 1 aliphatic carbocycles. The van der Waals surface area contributed by atoms with Gasteiger partial charge in [0.1, 0.15) is 5.82 Å². The van der Waals surface area contributed by atoms with Crippen LogP contribution in [0, 0.1) is 5.82 Å². The molecule has 1 aromatic carbocycles. The third-order valence-corrected chi connectivity index (χ3v) is 7.85. The molecule has 1 saturated carbocycles. The summed E-state index contributed by atoms with van der Waals surface area (Å²) in [6.45, 7) is 3.65. The molecule has 2 aromatic rings. The van der Waals surface area contributed by atoms with Crippen LogP contribution in [0.5, 0.6) is 0 Å². The Morgan fingerprint density at radius 3 is 2.11 bits per heavy atom. The summed E-state index contributed by atoms with van der Waals surface area (Å²) in [6, 6.07) is 11.3. The van der Waals surface area contributed by atoms with Crippen molar-refractivity contribution in [2.24, 2.45) is 0 Å². The molecule has 0 radical (unpaired) electrons. The first-order chi connectivity index (χ1) is 17.7. The first-order valence-electron chi connectivity index (χ1n) is 14.9. The lowest BCUT2D eigenvalue weighted by Gasteiger charge is -2.35. The van der Waals surface area contributed by atoms with E-state index in [9.17, 15) is 9.18 Å². The summed E-state index contributed by atoms with van der Waals surface area (Å²) in [4.78, 5) is 15.6. The highest BCUT2D eigenvalue weighted by Crippen LogP contribution is 2.26. The summed E-state index contributed by atoms with van der Waals surface area (Å²) in [7, 11) is 0. The van der Waals surface area contributed by atoms with E-state index in [1.165, 1.54) is 95.6 Å². The van der Waals surface area contributed by atoms with Crippen LogP contribution in [0.3, 0.4) is 0 Å². The molecule has 0 saturated heterocycles. The SMILES string of the molecule is CCCCCCCCCCCCCC(=O)N(Cc1cccn1Cc1ccc(F)cc1)C1CCCCC1. The highest BCUT2D eigenvalue weighted by Gasteiger charge is 2.26. The van der Waals surface area contributed by atoms with E-state index in [0.717, 1.165) is 30.5 Å². The number of hydrogen-bond acceptors (Lipinski definition) is 1.